The zero-order valence-electron chi connectivity index (χ0n) is 35.4. The highest BCUT2D eigenvalue weighted by Gasteiger charge is 2.35. The van der Waals surface area contributed by atoms with Crippen molar-refractivity contribution in [3.8, 4) is 89.0 Å². The molecule has 15 rings (SSSR count). The van der Waals surface area contributed by atoms with Gasteiger partial charge in [-0.1, -0.05) is 194 Å². The Morgan fingerprint density at radius 3 is 0.818 bits per heavy atom. The molecule has 0 saturated heterocycles. The summed E-state index contributed by atoms with van der Waals surface area (Å²) in [4.78, 5) is 0. The maximum absolute atomic E-state index is 16.3. The van der Waals surface area contributed by atoms with Gasteiger partial charge in [-0.15, -0.1) is 0 Å². The van der Waals surface area contributed by atoms with Gasteiger partial charge in [0.1, 0.15) is 11.6 Å². The normalized spacial score (nSPS) is 12.4. The highest BCUT2D eigenvalue weighted by Crippen LogP contribution is 2.63. The van der Waals surface area contributed by atoms with E-state index in [2.05, 4.69) is 158 Å². The molecule has 0 fully saturated rings. The van der Waals surface area contributed by atoms with E-state index < -0.39 is 0 Å². The molecule has 66 heavy (non-hydrogen) atoms. The van der Waals surface area contributed by atoms with Crippen LogP contribution in [0.3, 0.4) is 0 Å². The van der Waals surface area contributed by atoms with Gasteiger partial charge in [0.15, 0.2) is 0 Å². The van der Waals surface area contributed by atoms with Crippen molar-refractivity contribution in [1.29, 1.82) is 0 Å². The number of benzene rings is 13. The van der Waals surface area contributed by atoms with Gasteiger partial charge < -0.3 is 0 Å². The van der Waals surface area contributed by atoms with Crippen molar-refractivity contribution in [3.05, 3.63) is 218 Å². The van der Waals surface area contributed by atoms with E-state index in [0.717, 1.165) is 88.3 Å². The summed E-state index contributed by atoms with van der Waals surface area (Å²) < 4.78 is 32.6. The molecule has 2 aliphatic carbocycles. The molecule has 304 valence electrons. The molecule has 0 aromatic heterocycles. The summed E-state index contributed by atoms with van der Waals surface area (Å²) in [5, 5.41) is 13.9. The number of hydrogen-bond acceptors (Lipinski definition) is 0. The molecule has 13 aromatic carbocycles. The SMILES string of the molecule is Fc1ccccc1-c1c2c(c(-c3ccccc3)c3ccccc13)-c1ccc3c4ccc5c6c(ccc(c7ccc-2c1c37)c64)-c1c-5c(-c2ccccc2)c2ccccc2c1-c1ccccc1F. The maximum atomic E-state index is 16.3. The Bertz CT molecular complexity index is 3980. The van der Waals surface area contributed by atoms with Crippen LogP contribution in [-0.2, 0) is 0 Å². The summed E-state index contributed by atoms with van der Waals surface area (Å²) in [6.45, 7) is 0. The molecule has 0 spiro atoms. The minimum atomic E-state index is -0.233. The minimum absolute atomic E-state index is 0.233. The third-order valence-electron chi connectivity index (χ3n) is 14.8. The maximum Gasteiger partial charge on any atom is 0.131 e. The van der Waals surface area contributed by atoms with Crippen LogP contribution < -0.4 is 0 Å². The topological polar surface area (TPSA) is 0 Å². The molecule has 2 heteroatoms. The van der Waals surface area contributed by atoms with Crippen molar-refractivity contribution in [3.63, 3.8) is 0 Å². The summed E-state index contributed by atoms with van der Waals surface area (Å²) in [5.41, 5.74) is 16.7. The molecule has 0 heterocycles. The average Bonchev–Trinajstić information content (AvgIpc) is 3.88. The second kappa shape index (κ2) is 13.1. The van der Waals surface area contributed by atoms with E-state index in [4.69, 9.17) is 0 Å². The first kappa shape index (κ1) is 35.9. The smallest absolute Gasteiger partial charge is 0.131 e. The average molecular weight is 841 g/mol. The number of hydrogen-bond donors (Lipinski definition) is 0. The Balaban J connectivity index is 1.09. The molecule has 0 amide bonds. The van der Waals surface area contributed by atoms with E-state index in [0.29, 0.717) is 11.1 Å². The molecule has 2 aliphatic rings. The third-order valence-corrected chi connectivity index (χ3v) is 14.8. The lowest BCUT2D eigenvalue weighted by atomic mass is 9.82. The Morgan fingerprint density at radius 2 is 0.470 bits per heavy atom. The first-order valence-corrected chi connectivity index (χ1v) is 22.7. The largest absolute Gasteiger partial charge is 0.206 e. The number of fused-ring (bicyclic) bond motifs is 10. The highest BCUT2D eigenvalue weighted by atomic mass is 19.1. The Labute approximate surface area is 378 Å². The lowest BCUT2D eigenvalue weighted by Gasteiger charge is -2.20. The molecule has 0 atom stereocenters. The summed E-state index contributed by atoms with van der Waals surface area (Å²) in [7, 11) is 0. The molecule has 0 saturated carbocycles. The Hall–Kier alpha value is -8.46. The van der Waals surface area contributed by atoms with Crippen LogP contribution in [0.4, 0.5) is 8.78 Å². The summed E-state index contributed by atoms with van der Waals surface area (Å²) in [6.07, 6.45) is 0. The van der Waals surface area contributed by atoms with Crippen LogP contribution in [0.1, 0.15) is 0 Å². The van der Waals surface area contributed by atoms with Gasteiger partial charge >= 0.3 is 0 Å². The van der Waals surface area contributed by atoms with Gasteiger partial charge in [-0.3, -0.25) is 0 Å². The van der Waals surface area contributed by atoms with E-state index in [1.807, 2.05) is 24.3 Å². The summed E-state index contributed by atoms with van der Waals surface area (Å²) in [5.74, 6) is -0.466. The third kappa shape index (κ3) is 4.50. The minimum Gasteiger partial charge on any atom is -0.206 e. The van der Waals surface area contributed by atoms with E-state index in [-0.39, 0.29) is 11.6 Å². The molecular weight excluding hydrogens is 807 g/mol. The van der Waals surface area contributed by atoms with Crippen molar-refractivity contribution < 1.29 is 8.78 Å². The van der Waals surface area contributed by atoms with Gasteiger partial charge in [0, 0.05) is 22.3 Å². The Morgan fingerprint density at radius 1 is 0.182 bits per heavy atom. The van der Waals surface area contributed by atoms with Gasteiger partial charge in [0.2, 0.25) is 0 Å². The fourth-order valence-corrected chi connectivity index (χ4v) is 12.4. The van der Waals surface area contributed by atoms with E-state index in [1.165, 1.54) is 54.2 Å². The van der Waals surface area contributed by atoms with Crippen LogP contribution in [0.15, 0.2) is 206 Å². The lowest BCUT2D eigenvalue weighted by molar-refractivity contribution is 0.631. The van der Waals surface area contributed by atoms with Crippen LogP contribution in [0.5, 0.6) is 0 Å². The number of rotatable bonds is 4. The quantitative estimate of drug-likeness (QED) is 0.122. The van der Waals surface area contributed by atoms with Gasteiger partial charge in [-0.2, -0.15) is 0 Å². The van der Waals surface area contributed by atoms with Gasteiger partial charge in [-0.05, 0) is 144 Å². The highest BCUT2D eigenvalue weighted by molar-refractivity contribution is 6.42. The van der Waals surface area contributed by atoms with E-state index in [1.54, 1.807) is 24.3 Å². The standard InChI is InChI=1S/C64H34F2/c65-51-25-13-11-23-45(51)57-39-21-9-7-19-37(39)53(35-15-3-1-4-16-35)61-47-31-27-41-42-28-32-48-60-50(34-30-44(56(42)60)43-29-33-49(63(57)61)59(47)55(41)43)64-58(46-24-12-14-26-52(46)66)40-22-10-8-20-38(40)54(62(48)64)36-17-5-2-6-18-36/h1-34H. The molecule has 0 radical (unpaired) electrons. The summed E-state index contributed by atoms with van der Waals surface area (Å²) in [6, 6.07) is 71.3. The predicted molar refractivity (Wildman–Crippen MR) is 273 cm³/mol. The van der Waals surface area contributed by atoms with E-state index in [9.17, 15) is 0 Å². The molecule has 0 aliphatic heterocycles. The van der Waals surface area contributed by atoms with Crippen molar-refractivity contribution in [2.45, 2.75) is 0 Å². The van der Waals surface area contributed by atoms with Gasteiger partial charge in [0.25, 0.3) is 0 Å². The fraction of sp³-hybridized carbons (Fsp3) is 0. The molecule has 0 unspecified atom stereocenters. The van der Waals surface area contributed by atoms with Crippen LogP contribution in [0.25, 0.3) is 154 Å². The van der Waals surface area contributed by atoms with Crippen LogP contribution >= 0.6 is 0 Å². The second-order valence-corrected chi connectivity index (χ2v) is 17.9. The molecule has 0 bridgehead atoms. The predicted octanol–water partition coefficient (Wildman–Crippen LogP) is 18.3. The van der Waals surface area contributed by atoms with Gasteiger partial charge in [-0.25, -0.2) is 8.78 Å². The first-order valence-electron chi connectivity index (χ1n) is 22.7. The monoisotopic (exact) mass is 840 g/mol. The molecular formula is C64H34F2. The molecule has 0 nitrogen and oxygen atoms in total. The first-order chi connectivity index (χ1) is 32.7. The zero-order valence-corrected chi connectivity index (χ0v) is 35.4. The number of halogens is 2. The van der Waals surface area contributed by atoms with Crippen molar-refractivity contribution in [2.24, 2.45) is 0 Å². The Kier molecular flexibility index (Phi) is 7.11. The second-order valence-electron chi connectivity index (χ2n) is 17.9. The molecule has 0 N–H and O–H groups in total. The lowest BCUT2D eigenvalue weighted by Crippen LogP contribution is -1.95. The zero-order chi connectivity index (χ0) is 43.4. The van der Waals surface area contributed by atoms with Crippen molar-refractivity contribution >= 4 is 64.6 Å². The van der Waals surface area contributed by atoms with Crippen molar-refractivity contribution in [1.82, 2.24) is 0 Å². The molecule has 13 aromatic rings. The summed E-state index contributed by atoms with van der Waals surface area (Å²) >= 11 is 0. The van der Waals surface area contributed by atoms with Crippen LogP contribution in [0.2, 0.25) is 0 Å². The van der Waals surface area contributed by atoms with Crippen LogP contribution in [0, 0.1) is 11.6 Å². The van der Waals surface area contributed by atoms with E-state index >= 15 is 8.78 Å². The van der Waals surface area contributed by atoms with Crippen molar-refractivity contribution in [2.75, 3.05) is 0 Å². The van der Waals surface area contributed by atoms with Gasteiger partial charge in [0.05, 0.1) is 0 Å². The van der Waals surface area contributed by atoms with Crippen LogP contribution in [-0.4, -0.2) is 0 Å². The fourth-order valence-electron chi connectivity index (χ4n) is 12.4.